The molecule has 0 saturated carbocycles. The molecule has 5 nitrogen and oxygen atoms in total. The lowest BCUT2D eigenvalue weighted by molar-refractivity contribution is 0.0942. The van der Waals surface area contributed by atoms with Crippen LogP contribution in [0.1, 0.15) is 44.7 Å². The molecule has 1 aliphatic rings. The summed E-state index contributed by atoms with van der Waals surface area (Å²) in [7, 11) is -1.11. The van der Waals surface area contributed by atoms with Crippen LogP contribution in [0, 0.1) is 0 Å². The lowest BCUT2D eigenvalue weighted by Crippen LogP contribution is -2.27. The predicted molar refractivity (Wildman–Crippen MR) is 131 cm³/mol. The van der Waals surface area contributed by atoms with Crippen LogP contribution in [0.15, 0.2) is 77.7 Å². The van der Waals surface area contributed by atoms with Crippen molar-refractivity contribution in [1.82, 2.24) is 9.62 Å². The molecule has 1 fully saturated rings. The Kier molecular flexibility index (Phi) is 7.70. The van der Waals surface area contributed by atoms with Gasteiger partial charge in [-0.3, -0.25) is 9.59 Å². The fourth-order valence-corrected chi connectivity index (χ4v) is 5.27. The summed E-state index contributed by atoms with van der Waals surface area (Å²) in [6.45, 7) is 2.15. The van der Waals surface area contributed by atoms with Gasteiger partial charge in [-0.1, -0.05) is 54.1 Å². The Hall–Kier alpha value is -2.80. The molecule has 1 saturated heterocycles. The van der Waals surface area contributed by atoms with E-state index in [1.165, 1.54) is 6.07 Å². The van der Waals surface area contributed by atoms with E-state index in [9.17, 15) is 13.8 Å². The second kappa shape index (κ2) is 10.9. The molecule has 3 aromatic carbocycles. The van der Waals surface area contributed by atoms with Gasteiger partial charge in [0.25, 0.3) is 5.91 Å². The summed E-state index contributed by atoms with van der Waals surface area (Å²) < 4.78 is 14.6. The highest BCUT2D eigenvalue weighted by atomic mass is 35.5. The average Bonchev–Trinajstić information content (AvgIpc) is 3.39. The van der Waals surface area contributed by atoms with Crippen molar-refractivity contribution in [2.45, 2.75) is 24.2 Å². The van der Waals surface area contributed by atoms with Crippen molar-refractivity contribution in [3.8, 4) is 0 Å². The van der Waals surface area contributed by atoms with E-state index in [4.69, 9.17) is 11.6 Å². The summed E-state index contributed by atoms with van der Waals surface area (Å²) in [4.78, 5) is 26.6. The molecule has 1 heterocycles. The molecule has 7 heteroatoms. The number of carbonyl (C=O) groups excluding carboxylic acids is 2. The van der Waals surface area contributed by atoms with Crippen molar-refractivity contribution < 1.29 is 13.8 Å². The van der Waals surface area contributed by atoms with Crippen molar-refractivity contribution in [1.29, 1.82) is 0 Å². The monoisotopic (exact) mass is 480 g/mol. The van der Waals surface area contributed by atoms with E-state index in [-0.39, 0.29) is 17.3 Å². The average molecular weight is 481 g/mol. The van der Waals surface area contributed by atoms with Gasteiger partial charge in [-0.05, 0) is 55.2 Å². The third-order valence-corrected chi connectivity index (χ3v) is 7.38. The SMILES string of the molecule is O=C(NCCc1ccc(S(=O)N2CCCC2)cc1)c1cc(Cl)ccc1C(=O)c1ccccc1. The molecule has 4 rings (SSSR count). The highest BCUT2D eigenvalue weighted by Crippen LogP contribution is 2.20. The molecule has 0 aliphatic carbocycles. The van der Waals surface area contributed by atoms with Crippen LogP contribution in [-0.4, -0.2) is 39.8 Å². The van der Waals surface area contributed by atoms with E-state index in [1.54, 1.807) is 36.4 Å². The smallest absolute Gasteiger partial charge is 0.252 e. The summed E-state index contributed by atoms with van der Waals surface area (Å²) in [6, 6.07) is 21.2. The molecule has 0 spiro atoms. The van der Waals surface area contributed by atoms with Gasteiger partial charge in [0.15, 0.2) is 5.78 Å². The quantitative estimate of drug-likeness (QED) is 0.477. The fraction of sp³-hybridized carbons (Fsp3) is 0.231. The number of ketones is 1. The zero-order valence-corrected chi connectivity index (χ0v) is 19.7. The van der Waals surface area contributed by atoms with Gasteiger partial charge < -0.3 is 5.32 Å². The van der Waals surface area contributed by atoms with Crippen LogP contribution in [0.2, 0.25) is 5.02 Å². The van der Waals surface area contributed by atoms with Crippen LogP contribution in [0.5, 0.6) is 0 Å². The Morgan fingerprint density at radius 1 is 0.909 bits per heavy atom. The van der Waals surface area contributed by atoms with E-state index >= 15 is 0 Å². The van der Waals surface area contributed by atoms with E-state index < -0.39 is 11.0 Å². The summed E-state index contributed by atoms with van der Waals surface area (Å²) in [6.07, 6.45) is 2.80. The van der Waals surface area contributed by atoms with Gasteiger partial charge >= 0.3 is 0 Å². The number of carbonyl (C=O) groups is 2. The second-order valence-corrected chi connectivity index (χ2v) is 9.84. The molecule has 1 unspecified atom stereocenters. The molecule has 0 bridgehead atoms. The molecular weight excluding hydrogens is 456 g/mol. The normalized spacial score (nSPS) is 14.7. The molecule has 1 N–H and O–H groups in total. The zero-order valence-electron chi connectivity index (χ0n) is 18.1. The number of nitrogens with zero attached hydrogens (tertiary/aromatic N) is 1. The lowest BCUT2D eigenvalue weighted by atomic mass is 9.98. The Morgan fingerprint density at radius 2 is 1.61 bits per heavy atom. The van der Waals surface area contributed by atoms with Gasteiger partial charge in [0.2, 0.25) is 0 Å². The van der Waals surface area contributed by atoms with Crippen LogP contribution < -0.4 is 5.32 Å². The minimum absolute atomic E-state index is 0.223. The van der Waals surface area contributed by atoms with Crippen molar-refractivity contribution in [3.63, 3.8) is 0 Å². The van der Waals surface area contributed by atoms with E-state index in [0.29, 0.717) is 29.1 Å². The number of nitrogens with one attached hydrogen (secondary N) is 1. The van der Waals surface area contributed by atoms with Gasteiger partial charge in [0, 0.05) is 35.8 Å². The number of halogens is 1. The molecule has 1 amide bonds. The Bertz CT molecular complexity index is 1160. The van der Waals surface area contributed by atoms with Crippen LogP contribution in [0.3, 0.4) is 0 Å². The first-order valence-electron chi connectivity index (χ1n) is 11.0. The van der Waals surface area contributed by atoms with E-state index in [2.05, 4.69) is 5.32 Å². The Labute approximate surface area is 201 Å². The minimum atomic E-state index is -1.11. The molecule has 33 heavy (non-hydrogen) atoms. The van der Waals surface area contributed by atoms with Crippen LogP contribution >= 0.6 is 11.6 Å². The van der Waals surface area contributed by atoms with Crippen molar-refractivity contribution >= 4 is 34.3 Å². The van der Waals surface area contributed by atoms with Gasteiger partial charge in [0.05, 0.1) is 10.5 Å². The highest BCUT2D eigenvalue weighted by molar-refractivity contribution is 7.82. The number of hydrogen-bond donors (Lipinski definition) is 1. The third-order valence-electron chi connectivity index (χ3n) is 5.63. The second-order valence-electron chi connectivity index (χ2n) is 7.92. The van der Waals surface area contributed by atoms with E-state index in [0.717, 1.165) is 36.4 Å². The number of amides is 1. The molecule has 3 aromatic rings. The minimum Gasteiger partial charge on any atom is -0.352 e. The zero-order chi connectivity index (χ0) is 23.2. The Morgan fingerprint density at radius 3 is 2.30 bits per heavy atom. The molecule has 0 aromatic heterocycles. The number of benzene rings is 3. The molecular formula is C26H25ClN2O3S. The summed E-state index contributed by atoms with van der Waals surface area (Å²) in [5, 5.41) is 3.28. The Balaban J connectivity index is 1.38. The van der Waals surface area contributed by atoms with Crippen LogP contribution in [0.4, 0.5) is 0 Å². The number of rotatable bonds is 8. The summed E-state index contributed by atoms with van der Waals surface area (Å²) >= 11 is 6.11. The predicted octanol–water partition coefficient (Wildman–Crippen LogP) is 4.66. The topological polar surface area (TPSA) is 66.5 Å². The fourth-order valence-electron chi connectivity index (χ4n) is 3.84. The van der Waals surface area contributed by atoms with E-state index in [1.807, 2.05) is 34.6 Å². The maximum absolute atomic E-state index is 12.9. The molecule has 0 radical (unpaired) electrons. The third kappa shape index (κ3) is 5.77. The highest BCUT2D eigenvalue weighted by Gasteiger charge is 2.20. The van der Waals surface area contributed by atoms with Gasteiger partial charge in [-0.15, -0.1) is 0 Å². The standard InChI is InChI=1S/C26H25ClN2O3S/c27-21-10-13-23(25(30)20-6-2-1-3-7-20)24(18-21)26(31)28-15-14-19-8-11-22(12-9-19)33(32)29-16-4-5-17-29/h1-3,6-13,18H,4-5,14-17H2,(H,28,31). The molecule has 170 valence electrons. The lowest BCUT2D eigenvalue weighted by Gasteiger charge is -2.14. The van der Waals surface area contributed by atoms with Crippen LogP contribution in [0.25, 0.3) is 0 Å². The van der Waals surface area contributed by atoms with Gasteiger partial charge in [-0.2, -0.15) is 0 Å². The van der Waals surface area contributed by atoms with Crippen molar-refractivity contribution in [2.24, 2.45) is 0 Å². The molecule has 1 atom stereocenters. The van der Waals surface area contributed by atoms with Crippen molar-refractivity contribution in [2.75, 3.05) is 19.6 Å². The van der Waals surface area contributed by atoms with Gasteiger partial charge in [0.1, 0.15) is 11.0 Å². The van der Waals surface area contributed by atoms with Crippen LogP contribution in [-0.2, 0) is 17.4 Å². The largest absolute Gasteiger partial charge is 0.352 e. The first kappa shape index (κ1) is 23.4. The molecule has 1 aliphatic heterocycles. The van der Waals surface area contributed by atoms with Crippen molar-refractivity contribution in [3.05, 3.63) is 100 Å². The maximum Gasteiger partial charge on any atom is 0.252 e. The first-order chi connectivity index (χ1) is 16.0. The number of hydrogen-bond acceptors (Lipinski definition) is 3. The van der Waals surface area contributed by atoms with Gasteiger partial charge in [-0.25, -0.2) is 8.51 Å². The first-order valence-corrected chi connectivity index (χ1v) is 12.4. The summed E-state index contributed by atoms with van der Waals surface area (Å²) in [5.74, 6) is -0.567. The summed E-state index contributed by atoms with van der Waals surface area (Å²) in [5.41, 5.74) is 2.12. The maximum atomic E-state index is 12.9.